The van der Waals surface area contributed by atoms with Crippen molar-refractivity contribution in [3.05, 3.63) is 34.4 Å². The fourth-order valence-corrected chi connectivity index (χ4v) is 1.97. The number of aliphatic hydroxyl groups is 1. The highest BCUT2D eigenvalue weighted by Crippen LogP contribution is 2.38. The van der Waals surface area contributed by atoms with Crippen LogP contribution in [0.2, 0.25) is 5.02 Å². The van der Waals surface area contributed by atoms with Crippen LogP contribution in [0.25, 0.3) is 0 Å². The van der Waals surface area contributed by atoms with Crippen molar-refractivity contribution in [1.82, 2.24) is 0 Å². The molecule has 0 aromatic heterocycles. The van der Waals surface area contributed by atoms with Crippen LogP contribution in [0.5, 0.6) is 0 Å². The molecule has 6 heteroatoms. The van der Waals surface area contributed by atoms with Crippen LogP contribution in [0.15, 0.2) is 12.1 Å². The maximum absolute atomic E-state index is 13.5. The summed E-state index contributed by atoms with van der Waals surface area (Å²) in [5, 5.41) is 9.72. The molecule has 3 N–H and O–H groups in total. The third-order valence-electron chi connectivity index (χ3n) is 2.85. The number of halogens is 4. The Morgan fingerprint density at radius 2 is 1.76 bits per heavy atom. The highest BCUT2D eigenvalue weighted by atomic mass is 35.5. The van der Waals surface area contributed by atoms with Gasteiger partial charge in [-0.2, -0.15) is 0 Å². The highest BCUT2D eigenvalue weighted by molar-refractivity contribution is 6.30. The molecule has 1 fully saturated rings. The summed E-state index contributed by atoms with van der Waals surface area (Å²) in [5.41, 5.74) is 5.37. The van der Waals surface area contributed by atoms with Crippen LogP contribution in [0, 0.1) is 17.6 Å². The van der Waals surface area contributed by atoms with E-state index in [2.05, 4.69) is 0 Å². The van der Waals surface area contributed by atoms with Crippen molar-refractivity contribution < 1.29 is 13.9 Å². The Labute approximate surface area is 109 Å². The lowest BCUT2D eigenvalue weighted by atomic mass is 9.98. The molecule has 0 spiro atoms. The molecule has 1 aromatic carbocycles. The van der Waals surface area contributed by atoms with Crippen LogP contribution in [0.3, 0.4) is 0 Å². The van der Waals surface area contributed by atoms with Crippen LogP contribution in [0.4, 0.5) is 8.78 Å². The minimum atomic E-state index is -1.04. The molecule has 2 rings (SSSR count). The van der Waals surface area contributed by atoms with E-state index in [4.69, 9.17) is 17.3 Å². The summed E-state index contributed by atoms with van der Waals surface area (Å²) in [6.07, 6.45) is 0.808. The van der Waals surface area contributed by atoms with Crippen molar-refractivity contribution in [3.8, 4) is 0 Å². The van der Waals surface area contributed by atoms with Crippen LogP contribution >= 0.6 is 24.0 Å². The quantitative estimate of drug-likeness (QED) is 0.896. The zero-order valence-corrected chi connectivity index (χ0v) is 10.4. The second-order valence-corrected chi connectivity index (χ2v) is 4.57. The molecule has 0 radical (unpaired) electrons. The number of benzene rings is 1. The zero-order chi connectivity index (χ0) is 11.9. The lowest BCUT2D eigenvalue weighted by molar-refractivity contribution is 0.119. The predicted molar refractivity (Wildman–Crippen MR) is 64.3 cm³/mol. The molecule has 0 aliphatic heterocycles. The van der Waals surface area contributed by atoms with Crippen molar-refractivity contribution in [1.29, 1.82) is 0 Å². The monoisotopic (exact) mass is 283 g/mol. The van der Waals surface area contributed by atoms with Crippen LogP contribution in [-0.2, 0) is 0 Å². The molecule has 0 bridgehead atoms. The van der Waals surface area contributed by atoms with Crippen molar-refractivity contribution in [2.24, 2.45) is 11.7 Å². The number of nitrogens with two attached hydrogens (primary N) is 1. The van der Waals surface area contributed by atoms with E-state index in [9.17, 15) is 13.9 Å². The Bertz CT molecular complexity index is 389. The van der Waals surface area contributed by atoms with Gasteiger partial charge in [-0.25, -0.2) is 8.78 Å². The first-order valence-electron chi connectivity index (χ1n) is 5.09. The molecule has 1 aliphatic carbocycles. The van der Waals surface area contributed by atoms with Crippen molar-refractivity contribution in [2.75, 3.05) is 0 Å². The van der Waals surface area contributed by atoms with Gasteiger partial charge < -0.3 is 10.8 Å². The fraction of sp³-hybridized carbons (Fsp3) is 0.455. The SMILES string of the molecule is Cl.N[C@H](c1c(F)cc(Cl)cc1F)[C@@H](O)C1CC1. The van der Waals surface area contributed by atoms with E-state index in [-0.39, 0.29) is 28.9 Å². The van der Waals surface area contributed by atoms with Gasteiger partial charge in [-0.3, -0.25) is 0 Å². The number of aliphatic hydroxyl groups excluding tert-OH is 1. The molecule has 2 nitrogen and oxygen atoms in total. The van der Waals surface area contributed by atoms with E-state index < -0.39 is 23.8 Å². The van der Waals surface area contributed by atoms with Gasteiger partial charge in [0.15, 0.2) is 0 Å². The number of rotatable bonds is 3. The minimum Gasteiger partial charge on any atom is -0.391 e. The maximum Gasteiger partial charge on any atom is 0.132 e. The Morgan fingerprint density at radius 3 is 2.18 bits per heavy atom. The summed E-state index contributed by atoms with van der Waals surface area (Å²) in [6, 6.07) is 0.962. The van der Waals surface area contributed by atoms with E-state index in [1.807, 2.05) is 0 Å². The Balaban J connectivity index is 0.00000144. The molecule has 0 amide bonds. The fourth-order valence-electron chi connectivity index (χ4n) is 1.77. The lowest BCUT2D eigenvalue weighted by Gasteiger charge is -2.20. The van der Waals surface area contributed by atoms with Gasteiger partial charge >= 0.3 is 0 Å². The van der Waals surface area contributed by atoms with Gasteiger partial charge in [0.2, 0.25) is 0 Å². The molecule has 0 saturated heterocycles. The molecule has 1 saturated carbocycles. The molecule has 0 unspecified atom stereocenters. The van der Waals surface area contributed by atoms with Gasteiger partial charge in [0.25, 0.3) is 0 Å². The average molecular weight is 284 g/mol. The Hall–Kier alpha value is -0.420. The molecule has 17 heavy (non-hydrogen) atoms. The summed E-state index contributed by atoms with van der Waals surface area (Å²) in [5.74, 6) is -1.56. The van der Waals surface area contributed by atoms with Gasteiger partial charge in [-0.1, -0.05) is 11.6 Å². The molecule has 2 atom stereocenters. The highest BCUT2D eigenvalue weighted by Gasteiger charge is 2.36. The first-order valence-corrected chi connectivity index (χ1v) is 5.46. The molecule has 96 valence electrons. The van der Waals surface area contributed by atoms with Crippen LogP contribution < -0.4 is 5.73 Å². The van der Waals surface area contributed by atoms with Crippen molar-refractivity contribution in [2.45, 2.75) is 25.0 Å². The topological polar surface area (TPSA) is 46.2 Å². The minimum absolute atomic E-state index is 0. The smallest absolute Gasteiger partial charge is 0.132 e. The Kier molecular flexibility index (Phi) is 4.72. The van der Waals surface area contributed by atoms with Crippen LogP contribution in [0.1, 0.15) is 24.4 Å². The summed E-state index contributed by atoms with van der Waals surface area (Å²) in [4.78, 5) is 0. The van der Waals surface area contributed by atoms with Crippen LogP contribution in [-0.4, -0.2) is 11.2 Å². The largest absolute Gasteiger partial charge is 0.391 e. The van der Waals surface area contributed by atoms with Gasteiger partial charge in [0.1, 0.15) is 11.6 Å². The molecule has 0 heterocycles. The van der Waals surface area contributed by atoms with Crippen molar-refractivity contribution >= 4 is 24.0 Å². The van der Waals surface area contributed by atoms with Gasteiger partial charge in [0.05, 0.1) is 12.1 Å². The number of hydrogen-bond acceptors (Lipinski definition) is 2. The average Bonchev–Trinajstić information content (AvgIpc) is 2.97. The summed E-state index contributed by atoms with van der Waals surface area (Å²) < 4.78 is 27.0. The van der Waals surface area contributed by atoms with E-state index in [0.717, 1.165) is 25.0 Å². The first kappa shape index (κ1) is 14.6. The lowest BCUT2D eigenvalue weighted by Crippen LogP contribution is -2.29. The van der Waals surface area contributed by atoms with Gasteiger partial charge in [0, 0.05) is 10.6 Å². The Morgan fingerprint density at radius 1 is 1.29 bits per heavy atom. The van der Waals surface area contributed by atoms with E-state index in [1.165, 1.54) is 0 Å². The standard InChI is InChI=1S/C11H12ClF2NO.ClH/c12-6-3-7(13)9(8(14)4-6)10(15)11(16)5-1-2-5;/h3-5,10-11,16H,1-2,15H2;1H/t10-,11+;/m1./s1. The molecular weight excluding hydrogens is 271 g/mol. The van der Waals surface area contributed by atoms with Gasteiger partial charge in [-0.05, 0) is 30.9 Å². The summed E-state index contributed by atoms with van der Waals surface area (Å²) >= 11 is 5.50. The second kappa shape index (κ2) is 5.48. The van der Waals surface area contributed by atoms with E-state index >= 15 is 0 Å². The summed E-state index contributed by atoms with van der Waals surface area (Å²) in [7, 11) is 0. The third-order valence-corrected chi connectivity index (χ3v) is 3.07. The molecule has 1 aliphatic rings. The predicted octanol–water partition coefficient (Wildman–Crippen LogP) is 2.81. The zero-order valence-electron chi connectivity index (χ0n) is 8.87. The third kappa shape index (κ3) is 3.07. The van der Waals surface area contributed by atoms with E-state index in [0.29, 0.717) is 0 Å². The van der Waals surface area contributed by atoms with Crippen molar-refractivity contribution in [3.63, 3.8) is 0 Å². The summed E-state index contributed by atoms with van der Waals surface area (Å²) in [6.45, 7) is 0. The second-order valence-electron chi connectivity index (χ2n) is 4.14. The normalized spacial score (nSPS) is 18.4. The number of hydrogen-bond donors (Lipinski definition) is 2. The molecule has 1 aromatic rings. The first-order chi connectivity index (χ1) is 7.50. The molecular formula is C11H13Cl2F2NO. The maximum atomic E-state index is 13.5. The van der Waals surface area contributed by atoms with E-state index in [1.54, 1.807) is 0 Å². The van der Waals surface area contributed by atoms with Gasteiger partial charge in [-0.15, -0.1) is 12.4 Å².